The van der Waals surface area contributed by atoms with Crippen molar-refractivity contribution < 1.29 is 4.79 Å². The lowest BCUT2D eigenvalue weighted by molar-refractivity contribution is 0.0955. The number of carbonyl (C=O) groups excluding carboxylic acids is 1. The molecule has 1 aromatic rings. The van der Waals surface area contributed by atoms with Crippen molar-refractivity contribution in [2.75, 3.05) is 12.4 Å². The maximum atomic E-state index is 11.5. The first-order valence-electron chi connectivity index (χ1n) is 4.25. The van der Waals surface area contributed by atoms with Crippen molar-refractivity contribution in [2.45, 2.75) is 6.92 Å². The zero-order valence-electron chi connectivity index (χ0n) is 7.81. The largest absolute Gasteiger partial charge is 0.351 e. The van der Waals surface area contributed by atoms with Crippen LogP contribution in [0.25, 0.3) is 0 Å². The van der Waals surface area contributed by atoms with Crippen LogP contribution >= 0.6 is 23.2 Å². The minimum absolute atomic E-state index is 0.134. The molecule has 0 saturated carbocycles. The highest BCUT2D eigenvalue weighted by atomic mass is 35.5. The van der Waals surface area contributed by atoms with Gasteiger partial charge in [0.2, 0.25) is 0 Å². The van der Waals surface area contributed by atoms with Crippen LogP contribution in [0.2, 0.25) is 5.02 Å². The van der Waals surface area contributed by atoms with Gasteiger partial charge in [0.05, 0.1) is 0 Å². The molecule has 4 heteroatoms. The molecule has 1 aromatic carbocycles. The van der Waals surface area contributed by atoms with Gasteiger partial charge in [-0.25, -0.2) is 0 Å². The van der Waals surface area contributed by atoms with Gasteiger partial charge in [0.1, 0.15) is 0 Å². The molecule has 0 radical (unpaired) electrons. The predicted octanol–water partition coefficient (Wildman–Crippen LogP) is 2.62. The fourth-order valence-electron chi connectivity index (χ4n) is 1.09. The summed E-state index contributed by atoms with van der Waals surface area (Å²) in [5.41, 5.74) is 1.50. The van der Waals surface area contributed by atoms with Gasteiger partial charge in [-0.05, 0) is 24.6 Å². The van der Waals surface area contributed by atoms with Crippen molar-refractivity contribution in [1.82, 2.24) is 5.32 Å². The van der Waals surface area contributed by atoms with Gasteiger partial charge in [0.25, 0.3) is 5.91 Å². The minimum atomic E-state index is -0.134. The highest BCUT2D eigenvalue weighted by Gasteiger charge is 2.08. The normalized spacial score (nSPS) is 9.93. The third-order valence-electron chi connectivity index (χ3n) is 1.82. The van der Waals surface area contributed by atoms with Gasteiger partial charge in [-0.3, -0.25) is 4.79 Å². The molecule has 0 heterocycles. The smallest absolute Gasteiger partial charge is 0.251 e. The standard InChI is InChI=1S/C10H11Cl2NO/c1-7-2-3-8(12)6-9(7)10(14)13-5-4-11/h2-3,6H,4-5H2,1H3,(H,13,14). The van der Waals surface area contributed by atoms with E-state index >= 15 is 0 Å². The first-order chi connectivity index (χ1) is 6.65. The monoisotopic (exact) mass is 231 g/mol. The van der Waals surface area contributed by atoms with Crippen molar-refractivity contribution in [3.8, 4) is 0 Å². The number of hydrogen-bond acceptors (Lipinski definition) is 1. The molecule has 0 aliphatic rings. The Labute approximate surface area is 93.2 Å². The number of nitrogens with one attached hydrogen (secondary N) is 1. The summed E-state index contributed by atoms with van der Waals surface area (Å²) in [4.78, 5) is 11.5. The van der Waals surface area contributed by atoms with Crippen LogP contribution in [0.15, 0.2) is 18.2 Å². The molecule has 14 heavy (non-hydrogen) atoms. The zero-order chi connectivity index (χ0) is 10.6. The molecule has 0 spiro atoms. The van der Waals surface area contributed by atoms with Crippen LogP contribution in [0.4, 0.5) is 0 Å². The van der Waals surface area contributed by atoms with Gasteiger partial charge in [-0.2, -0.15) is 0 Å². The predicted molar refractivity (Wildman–Crippen MR) is 59.2 cm³/mol. The Morgan fingerprint density at radius 2 is 2.21 bits per heavy atom. The molecule has 1 rings (SSSR count). The Hall–Kier alpha value is -0.730. The second-order valence-corrected chi connectivity index (χ2v) is 3.72. The lowest BCUT2D eigenvalue weighted by atomic mass is 10.1. The van der Waals surface area contributed by atoms with E-state index in [1.54, 1.807) is 12.1 Å². The lowest BCUT2D eigenvalue weighted by Gasteiger charge is -2.06. The highest BCUT2D eigenvalue weighted by Crippen LogP contribution is 2.15. The molecule has 76 valence electrons. The molecule has 0 fully saturated rings. The summed E-state index contributed by atoms with van der Waals surface area (Å²) in [7, 11) is 0. The first-order valence-corrected chi connectivity index (χ1v) is 5.16. The van der Waals surface area contributed by atoms with Gasteiger partial charge >= 0.3 is 0 Å². The molecule has 0 saturated heterocycles. The fraction of sp³-hybridized carbons (Fsp3) is 0.300. The molecule has 0 unspecified atom stereocenters. The Morgan fingerprint density at radius 1 is 1.50 bits per heavy atom. The van der Waals surface area contributed by atoms with E-state index in [4.69, 9.17) is 23.2 Å². The van der Waals surface area contributed by atoms with Crippen LogP contribution in [-0.2, 0) is 0 Å². The summed E-state index contributed by atoms with van der Waals surface area (Å²) in [5, 5.41) is 3.25. The number of amides is 1. The topological polar surface area (TPSA) is 29.1 Å². The van der Waals surface area contributed by atoms with Crippen LogP contribution in [0.5, 0.6) is 0 Å². The van der Waals surface area contributed by atoms with Gasteiger partial charge in [0.15, 0.2) is 0 Å². The fourth-order valence-corrected chi connectivity index (χ4v) is 1.36. The van der Waals surface area contributed by atoms with E-state index < -0.39 is 0 Å². The third kappa shape index (κ3) is 2.89. The Balaban J connectivity index is 2.83. The molecular formula is C10H11Cl2NO. The minimum Gasteiger partial charge on any atom is -0.351 e. The zero-order valence-corrected chi connectivity index (χ0v) is 9.32. The molecule has 0 aliphatic heterocycles. The molecule has 2 nitrogen and oxygen atoms in total. The van der Waals surface area contributed by atoms with Crippen molar-refractivity contribution in [2.24, 2.45) is 0 Å². The van der Waals surface area contributed by atoms with Crippen LogP contribution in [0, 0.1) is 6.92 Å². The second kappa shape index (κ2) is 5.23. The van der Waals surface area contributed by atoms with Crippen LogP contribution < -0.4 is 5.32 Å². The van der Waals surface area contributed by atoms with E-state index in [-0.39, 0.29) is 5.91 Å². The summed E-state index contributed by atoms with van der Waals surface area (Å²) in [6.07, 6.45) is 0. The molecule has 0 aromatic heterocycles. The molecule has 0 bridgehead atoms. The lowest BCUT2D eigenvalue weighted by Crippen LogP contribution is -2.25. The second-order valence-electron chi connectivity index (χ2n) is 2.90. The summed E-state index contributed by atoms with van der Waals surface area (Å²) < 4.78 is 0. The van der Waals surface area contributed by atoms with Gasteiger partial charge in [-0.15, -0.1) is 11.6 Å². The number of carbonyl (C=O) groups is 1. The summed E-state index contributed by atoms with van der Waals surface area (Å²) in [6, 6.07) is 5.23. The number of halogens is 2. The number of benzene rings is 1. The van der Waals surface area contributed by atoms with E-state index in [1.165, 1.54) is 0 Å². The SMILES string of the molecule is Cc1ccc(Cl)cc1C(=O)NCCCl. The third-order valence-corrected chi connectivity index (χ3v) is 2.25. The van der Waals surface area contributed by atoms with Crippen molar-refractivity contribution in [1.29, 1.82) is 0 Å². The van der Waals surface area contributed by atoms with Crippen molar-refractivity contribution >= 4 is 29.1 Å². The van der Waals surface area contributed by atoms with Crippen LogP contribution in [0.1, 0.15) is 15.9 Å². The first kappa shape index (κ1) is 11.3. The highest BCUT2D eigenvalue weighted by molar-refractivity contribution is 6.31. The molecule has 1 N–H and O–H groups in total. The number of rotatable bonds is 3. The van der Waals surface area contributed by atoms with Gasteiger partial charge in [0, 0.05) is 23.0 Å². The quantitative estimate of drug-likeness (QED) is 0.797. The van der Waals surface area contributed by atoms with Crippen LogP contribution in [0.3, 0.4) is 0 Å². The van der Waals surface area contributed by atoms with Gasteiger partial charge < -0.3 is 5.32 Å². The molecule has 1 amide bonds. The average Bonchev–Trinajstić information content (AvgIpc) is 2.18. The molecular weight excluding hydrogens is 221 g/mol. The summed E-state index contributed by atoms with van der Waals surface area (Å²) >= 11 is 11.3. The Bertz CT molecular complexity index is 339. The number of alkyl halides is 1. The van der Waals surface area contributed by atoms with E-state index in [0.29, 0.717) is 23.0 Å². The van der Waals surface area contributed by atoms with E-state index in [9.17, 15) is 4.79 Å². The molecule has 0 aliphatic carbocycles. The van der Waals surface area contributed by atoms with E-state index in [2.05, 4.69) is 5.32 Å². The van der Waals surface area contributed by atoms with Crippen molar-refractivity contribution in [3.05, 3.63) is 34.3 Å². The number of aryl methyl sites for hydroxylation is 1. The Morgan fingerprint density at radius 3 is 2.86 bits per heavy atom. The van der Waals surface area contributed by atoms with Gasteiger partial charge in [-0.1, -0.05) is 17.7 Å². The van der Waals surface area contributed by atoms with E-state index in [1.807, 2.05) is 13.0 Å². The maximum Gasteiger partial charge on any atom is 0.251 e. The maximum absolute atomic E-state index is 11.5. The number of hydrogen-bond donors (Lipinski definition) is 1. The summed E-state index contributed by atoms with van der Waals surface area (Å²) in [5.74, 6) is 0.274. The summed E-state index contributed by atoms with van der Waals surface area (Å²) in [6.45, 7) is 2.33. The Kier molecular flexibility index (Phi) is 4.23. The average molecular weight is 232 g/mol. The van der Waals surface area contributed by atoms with Crippen molar-refractivity contribution in [3.63, 3.8) is 0 Å². The van der Waals surface area contributed by atoms with E-state index in [0.717, 1.165) is 5.56 Å². The molecule has 0 atom stereocenters. The van der Waals surface area contributed by atoms with Crippen LogP contribution in [-0.4, -0.2) is 18.3 Å².